The number of hydrogen-bond acceptors (Lipinski definition) is 5. The van der Waals surface area contributed by atoms with Gasteiger partial charge >= 0.3 is 0 Å². The summed E-state index contributed by atoms with van der Waals surface area (Å²) in [6, 6.07) is 13.6. The molecular weight excluding hydrogens is 464 g/mol. The van der Waals surface area contributed by atoms with Gasteiger partial charge < -0.3 is 14.5 Å². The zero-order valence-corrected chi connectivity index (χ0v) is 21.7. The molecular formula is C27H32N2O3S2. The van der Waals surface area contributed by atoms with E-state index in [1.165, 1.54) is 21.8 Å². The third-order valence-electron chi connectivity index (χ3n) is 6.42. The summed E-state index contributed by atoms with van der Waals surface area (Å²) in [5.74, 6) is 1.03. The molecule has 180 valence electrons. The molecule has 2 aromatic heterocycles. The minimum atomic E-state index is -0.161. The van der Waals surface area contributed by atoms with Crippen molar-refractivity contribution in [3.8, 4) is 5.75 Å². The minimum absolute atomic E-state index is 0.0254. The molecule has 1 aromatic carbocycles. The Morgan fingerprint density at radius 1 is 1.15 bits per heavy atom. The van der Waals surface area contributed by atoms with E-state index in [1.54, 1.807) is 16.2 Å². The first-order valence-electron chi connectivity index (χ1n) is 11.8. The van der Waals surface area contributed by atoms with E-state index in [2.05, 4.69) is 25.3 Å². The molecule has 0 N–H and O–H groups in total. The first-order valence-corrected chi connectivity index (χ1v) is 13.6. The number of amides is 2. The van der Waals surface area contributed by atoms with E-state index in [9.17, 15) is 9.59 Å². The molecule has 3 aromatic rings. The van der Waals surface area contributed by atoms with Crippen LogP contribution in [-0.4, -0.2) is 47.9 Å². The molecule has 1 aliphatic rings. The molecule has 2 amide bonds. The Hall–Kier alpha value is -2.64. The quantitative estimate of drug-likeness (QED) is 0.376. The molecule has 0 spiro atoms. The lowest BCUT2D eigenvalue weighted by Gasteiger charge is -2.37. The average molecular weight is 497 g/mol. The Kier molecular flexibility index (Phi) is 8.06. The van der Waals surface area contributed by atoms with Crippen LogP contribution in [-0.2, 0) is 11.2 Å². The number of benzene rings is 1. The van der Waals surface area contributed by atoms with Crippen LogP contribution in [0.1, 0.15) is 52.0 Å². The van der Waals surface area contributed by atoms with Crippen molar-refractivity contribution in [1.82, 2.24) is 9.80 Å². The molecule has 0 saturated carbocycles. The summed E-state index contributed by atoms with van der Waals surface area (Å²) >= 11 is 3.16. The maximum absolute atomic E-state index is 13.6. The van der Waals surface area contributed by atoms with Crippen LogP contribution in [0.3, 0.4) is 0 Å². The molecule has 0 bridgehead atoms. The Bertz CT molecular complexity index is 1090. The van der Waals surface area contributed by atoms with Crippen LogP contribution in [0.5, 0.6) is 5.75 Å². The monoisotopic (exact) mass is 496 g/mol. The van der Waals surface area contributed by atoms with Crippen LogP contribution < -0.4 is 4.74 Å². The number of rotatable bonds is 9. The zero-order chi connectivity index (χ0) is 24.1. The van der Waals surface area contributed by atoms with Crippen LogP contribution in [0.4, 0.5) is 0 Å². The van der Waals surface area contributed by atoms with E-state index in [4.69, 9.17) is 4.74 Å². The fourth-order valence-corrected chi connectivity index (χ4v) is 5.84. The standard InChI is InChI=1S/C27H32N2O3S2/c1-4-19(2)16-28(27(31)25-6-5-14-33-25)17-26(30)29-13-11-24-22(12-15-34-24)23(29)18-32-21-9-7-20(3)8-10-21/h5-10,12,14-15,19,23H,4,11,13,16-18H2,1-3H3/t19-,23-/m0/s1. The van der Waals surface area contributed by atoms with E-state index >= 15 is 0 Å². The fourth-order valence-electron chi connectivity index (χ4n) is 4.22. The van der Waals surface area contributed by atoms with Gasteiger partial charge in [0.2, 0.25) is 5.91 Å². The van der Waals surface area contributed by atoms with Gasteiger partial charge in [-0.15, -0.1) is 22.7 Å². The van der Waals surface area contributed by atoms with Gasteiger partial charge in [0.15, 0.2) is 0 Å². The second-order valence-corrected chi connectivity index (χ2v) is 10.9. The van der Waals surface area contributed by atoms with Crippen LogP contribution in [0.25, 0.3) is 0 Å². The lowest BCUT2D eigenvalue weighted by Crippen LogP contribution is -2.48. The van der Waals surface area contributed by atoms with E-state index in [0.717, 1.165) is 24.2 Å². The number of hydrogen-bond donors (Lipinski definition) is 0. The largest absolute Gasteiger partial charge is 0.491 e. The van der Waals surface area contributed by atoms with E-state index < -0.39 is 0 Å². The van der Waals surface area contributed by atoms with Gasteiger partial charge in [-0.1, -0.05) is 44.0 Å². The molecule has 5 nitrogen and oxygen atoms in total. The van der Waals surface area contributed by atoms with E-state index in [-0.39, 0.29) is 24.4 Å². The summed E-state index contributed by atoms with van der Waals surface area (Å²) in [6.07, 6.45) is 1.79. The van der Waals surface area contributed by atoms with Gasteiger partial charge in [0.1, 0.15) is 18.9 Å². The summed E-state index contributed by atoms with van der Waals surface area (Å²) < 4.78 is 6.13. The van der Waals surface area contributed by atoms with Crippen molar-refractivity contribution in [3.05, 3.63) is 74.1 Å². The normalized spacial score (nSPS) is 16.1. The molecule has 3 heterocycles. The first kappa shape index (κ1) is 24.5. The Balaban J connectivity index is 1.52. The van der Waals surface area contributed by atoms with Crippen molar-refractivity contribution < 1.29 is 14.3 Å². The summed E-state index contributed by atoms with van der Waals surface area (Å²) in [5, 5.41) is 3.99. The maximum atomic E-state index is 13.6. The zero-order valence-electron chi connectivity index (χ0n) is 20.0. The predicted octanol–water partition coefficient (Wildman–Crippen LogP) is 5.81. The van der Waals surface area contributed by atoms with Gasteiger partial charge in [0.05, 0.1) is 10.9 Å². The smallest absolute Gasteiger partial charge is 0.264 e. The van der Waals surface area contributed by atoms with Crippen molar-refractivity contribution in [2.24, 2.45) is 5.92 Å². The maximum Gasteiger partial charge on any atom is 0.264 e. The minimum Gasteiger partial charge on any atom is -0.491 e. The number of fused-ring (bicyclic) bond motifs is 1. The molecule has 0 fully saturated rings. The lowest BCUT2D eigenvalue weighted by atomic mass is 10.00. The highest BCUT2D eigenvalue weighted by Gasteiger charge is 2.34. The van der Waals surface area contributed by atoms with Gasteiger partial charge in [-0.05, 0) is 59.9 Å². The Labute approximate surface area is 210 Å². The van der Waals surface area contributed by atoms with Crippen molar-refractivity contribution in [1.29, 1.82) is 0 Å². The van der Waals surface area contributed by atoms with Crippen molar-refractivity contribution >= 4 is 34.5 Å². The van der Waals surface area contributed by atoms with Gasteiger partial charge in [0, 0.05) is 18.0 Å². The van der Waals surface area contributed by atoms with Gasteiger partial charge in [-0.2, -0.15) is 0 Å². The van der Waals surface area contributed by atoms with E-state index in [1.807, 2.05) is 53.6 Å². The third-order valence-corrected chi connectivity index (χ3v) is 8.27. The molecule has 0 radical (unpaired) electrons. The number of nitrogens with zero attached hydrogens (tertiary/aromatic N) is 2. The molecule has 0 saturated heterocycles. The number of carbonyl (C=O) groups excluding carboxylic acids is 2. The van der Waals surface area contributed by atoms with Gasteiger partial charge in [-0.3, -0.25) is 9.59 Å². The van der Waals surface area contributed by atoms with Crippen molar-refractivity contribution in [2.45, 2.75) is 39.7 Å². The van der Waals surface area contributed by atoms with Crippen LogP contribution in [0, 0.1) is 12.8 Å². The molecule has 0 aliphatic carbocycles. The molecule has 0 unspecified atom stereocenters. The van der Waals surface area contributed by atoms with Crippen molar-refractivity contribution in [2.75, 3.05) is 26.2 Å². The fraction of sp³-hybridized carbons (Fsp3) is 0.407. The predicted molar refractivity (Wildman–Crippen MR) is 139 cm³/mol. The number of thiophene rings is 2. The van der Waals surface area contributed by atoms with Crippen LogP contribution in [0.15, 0.2) is 53.2 Å². The number of ether oxygens (including phenoxy) is 1. The molecule has 4 rings (SSSR count). The summed E-state index contributed by atoms with van der Waals surface area (Å²) in [6.45, 7) is 7.97. The summed E-state index contributed by atoms with van der Waals surface area (Å²) in [7, 11) is 0. The SMILES string of the molecule is CC[C@H](C)CN(CC(=O)N1CCc2sccc2[C@@H]1COc1ccc(C)cc1)C(=O)c1cccs1. The molecule has 1 aliphatic heterocycles. The number of carbonyl (C=O) groups is 2. The van der Waals surface area contributed by atoms with Crippen LogP contribution >= 0.6 is 22.7 Å². The Morgan fingerprint density at radius 3 is 2.65 bits per heavy atom. The van der Waals surface area contributed by atoms with Gasteiger partial charge in [-0.25, -0.2) is 0 Å². The molecule has 7 heteroatoms. The Morgan fingerprint density at radius 2 is 1.94 bits per heavy atom. The second-order valence-electron chi connectivity index (χ2n) is 8.95. The molecule has 2 atom stereocenters. The second kappa shape index (κ2) is 11.2. The highest BCUT2D eigenvalue weighted by atomic mass is 32.1. The van der Waals surface area contributed by atoms with Gasteiger partial charge in [0.25, 0.3) is 5.91 Å². The highest BCUT2D eigenvalue weighted by molar-refractivity contribution is 7.12. The third kappa shape index (κ3) is 5.70. The topological polar surface area (TPSA) is 49.9 Å². The molecule has 34 heavy (non-hydrogen) atoms. The first-order chi connectivity index (χ1) is 16.5. The summed E-state index contributed by atoms with van der Waals surface area (Å²) in [4.78, 5) is 32.5. The van der Waals surface area contributed by atoms with E-state index in [0.29, 0.717) is 30.5 Å². The van der Waals surface area contributed by atoms with Crippen LogP contribution in [0.2, 0.25) is 0 Å². The van der Waals surface area contributed by atoms with Crippen molar-refractivity contribution in [3.63, 3.8) is 0 Å². The highest BCUT2D eigenvalue weighted by Crippen LogP contribution is 2.34. The lowest BCUT2D eigenvalue weighted by molar-refractivity contribution is -0.135. The average Bonchev–Trinajstić information content (AvgIpc) is 3.54. The summed E-state index contributed by atoms with van der Waals surface area (Å²) in [5.41, 5.74) is 2.34. The number of aryl methyl sites for hydroxylation is 1.